The zero-order chi connectivity index (χ0) is 12.8. The standard InChI is InChI=1S/C15H22ClNO/c1-13(17-10-6-2-3-7-11-17)18-15-9-5-4-8-14(15)12-16/h4-5,8-9,13H,2-3,6-7,10-12H2,1H3. The van der Waals surface area contributed by atoms with Crippen LogP contribution < -0.4 is 4.74 Å². The molecule has 3 heteroatoms. The third kappa shape index (κ3) is 3.63. The molecule has 1 aliphatic heterocycles. The average Bonchev–Trinajstić information content (AvgIpc) is 2.68. The molecule has 1 atom stereocenters. The van der Waals surface area contributed by atoms with E-state index < -0.39 is 0 Å². The van der Waals surface area contributed by atoms with Crippen molar-refractivity contribution in [2.45, 2.75) is 44.7 Å². The second-order valence-corrected chi connectivity index (χ2v) is 5.18. The largest absolute Gasteiger partial charge is 0.475 e. The van der Waals surface area contributed by atoms with Crippen molar-refractivity contribution >= 4 is 11.6 Å². The fraction of sp³-hybridized carbons (Fsp3) is 0.600. The van der Waals surface area contributed by atoms with Crippen molar-refractivity contribution in [3.8, 4) is 5.75 Å². The van der Waals surface area contributed by atoms with Crippen LogP contribution >= 0.6 is 11.6 Å². The second-order valence-electron chi connectivity index (χ2n) is 4.91. The van der Waals surface area contributed by atoms with Crippen molar-refractivity contribution in [2.24, 2.45) is 0 Å². The molecular weight excluding hydrogens is 246 g/mol. The minimum atomic E-state index is 0.132. The molecule has 1 aromatic carbocycles. The van der Waals surface area contributed by atoms with Gasteiger partial charge in [0.2, 0.25) is 0 Å². The summed E-state index contributed by atoms with van der Waals surface area (Å²) in [5, 5.41) is 0. The molecule has 1 heterocycles. The summed E-state index contributed by atoms with van der Waals surface area (Å²) >= 11 is 5.93. The van der Waals surface area contributed by atoms with E-state index in [1.807, 2.05) is 24.3 Å². The van der Waals surface area contributed by atoms with Gasteiger partial charge < -0.3 is 4.74 Å². The van der Waals surface area contributed by atoms with Gasteiger partial charge in [-0.2, -0.15) is 0 Å². The molecule has 0 aliphatic carbocycles. The van der Waals surface area contributed by atoms with Crippen molar-refractivity contribution in [3.63, 3.8) is 0 Å². The highest BCUT2D eigenvalue weighted by atomic mass is 35.5. The zero-order valence-corrected chi connectivity index (χ0v) is 11.8. The zero-order valence-electron chi connectivity index (χ0n) is 11.1. The highest BCUT2D eigenvalue weighted by Gasteiger charge is 2.17. The third-order valence-corrected chi connectivity index (χ3v) is 3.86. The molecule has 18 heavy (non-hydrogen) atoms. The number of nitrogens with zero attached hydrogens (tertiary/aromatic N) is 1. The van der Waals surface area contributed by atoms with E-state index in [9.17, 15) is 0 Å². The molecule has 2 nitrogen and oxygen atoms in total. The lowest BCUT2D eigenvalue weighted by Crippen LogP contribution is -2.38. The van der Waals surface area contributed by atoms with Gasteiger partial charge in [0.05, 0.1) is 5.88 Å². The predicted molar refractivity (Wildman–Crippen MR) is 76.1 cm³/mol. The quantitative estimate of drug-likeness (QED) is 0.764. The van der Waals surface area contributed by atoms with Crippen molar-refractivity contribution in [2.75, 3.05) is 13.1 Å². The lowest BCUT2D eigenvalue weighted by Gasteiger charge is -2.28. The molecular formula is C15H22ClNO. The Morgan fingerprint density at radius 1 is 1.17 bits per heavy atom. The lowest BCUT2D eigenvalue weighted by atomic mass is 10.2. The number of likely N-dealkylation sites (tertiary alicyclic amines) is 1. The summed E-state index contributed by atoms with van der Waals surface area (Å²) in [4.78, 5) is 2.43. The molecule has 0 amide bonds. The van der Waals surface area contributed by atoms with Gasteiger partial charge in [0.1, 0.15) is 12.0 Å². The van der Waals surface area contributed by atoms with Crippen molar-refractivity contribution in [1.29, 1.82) is 0 Å². The van der Waals surface area contributed by atoms with Gasteiger partial charge in [0, 0.05) is 18.7 Å². The summed E-state index contributed by atoms with van der Waals surface area (Å²) in [6.07, 6.45) is 5.39. The molecule has 1 unspecified atom stereocenters. The maximum atomic E-state index is 6.07. The van der Waals surface area contributed by atoms with Crippen LogP contribution in [0.25, 0.3) is 0 Å². The molecule has 1 saturated heterocycles. The van der Waals surface area contributed by atoms with Crippen LogP contribution in [-0.2, 0) is 5.88 Å². The number of hydrogen-bond donors (Lipinski definition) is 0. The first kappa shape index (κ1) is 13.7. The number of alkyl halides is 1. The number of halogens is 1. The van der Waals surface area contributed by atoms with Crippen LogP contribution in [0.4, 0.5) is 0 Å². The Labute approximate surface area is 115 Å². The third-order valence-electron chi connectivity index (χ3n) is 3.57. The van der Waals surface area contributed by atoms with E-state index in [4.69, 9.17) is 16.3 Å². The second kappa shape index (κ2) is 7.01. The molecule has 0 spiro atoms. The Bertz CT molecular complexity index is 361. The molecule has 1 aromatic rings. The van der Waals surface area contributed by atoms with Gasteiger partial charge in [-0.3, -0.25) is 4.90 Å². The summed E-state index contributed by atoms with van der Waals surface area (Å²) in [7, 11) is 0. The van der Waals surface area contributed by atoms with E-state index in [1.165, 1.54) is 25.7 Å². The van der Waals surface area contributed by atoms with Crippen LogP contribution in [0.3, 0.4) is 0 Å². The molecule has 2 rings (SSSR count). The Kier molecular flexibility index (Phi) is 5.33. The van der Waals surface area contributed by atoms with Gasteiger partial charge in [-0.1, -0.05) is 31.0 Å². The van der Waals surface area contributed by atoms with E-state index in [1.54, 1.807) is 0 Å². The van der Waals surface area contributed by atoms with Crippen LogP contribution in [0.5, 0.6) is 5.75 Å². The van der Waals surface area contributed by atoms with Crippen LogP contribution in [-0.4, -0.2) is 24.2 Å². The molecule has 0 aromatic heterocycles. The highest BCUT2D eigenvalue weighted by Crippen LogP contribution is 2.22. The molecule has 0 N–H and O–H groups in total. The number of ether oxygens (including phenoxy) is 1. The maximum absolute atomic E-state index is 6.07. The van der Waals surface area contributed by atoms with Gasteiger partial charge in [0.15, 0.2) is 0 Å². The summed E-state index contributed by atoms with van der Waals surface area (Å²) in [6, 6.07) is 8.03. The molecule has 1 aliphatic rings. The molecule has 100 valence electrons. The van der Waals surface area contributed by atoms with Gasteiger partial charge in [-0.15, -0.1) is 11.6 Å². The van der Waals surface area contributed by atoms with Crippen molar-refractivity contribution in [3.05, 3.63) is 29.8 Å². The van der Waals surface area contributed by atoms with E-state index in [0.717, 1.165) is 24.4 Å². The molecule has 1 fully saturated rings. The van der Waals surface area contributed by atoms with Gasteiger partial charge in [-0.25, -0.2) is 0 Å². The minimum Gasteiger partial charge on any atom is -0.475 e. The SMILES string of the molecule is CC(Oc1ccccc1CCl)N1CCCCCC1. The van der Waals surface area contributed by atoms with Gasteiger partial charge in [0.25, 0.3) is 0 Å². The fourth-order valence-electron chi connectivity index (χ4n) is 2.45. The normalized spacial score (nSPS) is 19.2. The monoisotopic (exact) mass is 267 g/mol. The number of hydrogen-bond acceptors (Lipinski definition) is 2. The van der Waals surface area contributed by atoms with Crippen LogP contribution in [0, 0.1) is 0 Å². The summed E-state index contributed by atoms with van der Waals surface area (Å²) < 4.78 is 6.07. The van der Waals surface area contributed by atoms with E-state index in [0.29, 0.717) is 5.88 Å². The maximum Gasteiger partial charge on any atom is 0.149 e. The topological polar surface area (TPSA) is 12.5 Å². The van der Waals surface area contributed by atoms with Crippen molar-refractivity contribution in [1.82, 2.24) is 4.90 Å². The molecule has 0 radical (unpaired) electrons. The number of para-hydroxylation sites is 1. The van der Waals surface area contributed by atoms with E-state index >= 15 is 0 Å². The van der Waals surface area contributed by atoms with E-state index in [2.05, 4.69) is 11.8 Å². The first-order valence-corrected chi connectivity index (χ1v) is 7.39. The number of benzene rings is 1. The van der Waals surface area contributed by atoms with Gasteiger partial charge in [-0.05, 0) is 25.8 Å². The molecule has 0 saturated carbocycles. The minimum absolute atomic E-state index is 0.132. The Morgan fingerprint density at radius 3 is 2.50 bits per heavy atom. The summed E-state index contributed by atoms with van der Waals surface area (Å²) in [6.45, 7) is 4.42. The van der Waals surface area contributed by atoms with Crippen molar-refractivity contribution < 1.29 is 4.74 Å². The van der Waals surface area contributed by atoms with Gasteiger partial charge >= 0.3 is 0 Å². The molecule has 0 bridgehead atoms. The Morgan fingerprint density at radius 2 is 1.83 bits per heavy atom. The number of rotatable bonds is 4. The Hall–Kier alpha value is -0.730. The smallest absolute Gasteiger partial charge is 0.149 e. The first-order valence-electron chi connectivity index (χ1n) is 6.86. The summed E-state index contributed by atoms with van der Waals surface area (Å²) in [5.41, 5.74) is 1.07. The first-order chi connectivity index (χ1) is 8.81. The van der Waals surface area contributed by atoms with E-state index in [-0.39, 0.29) is 6.23 Å². The summed E-state index contributed by atoms with van der Waals surface area (Å²) in [5.74, 6) is 1.42. The highest BCUT2D eigenvalue weighted by molar-refractivity contribution is 6.17. The predicted octanol–water partition coefficient (Wildman–Crippen LogP) is 4.03. The van der Waals surface area contributed by atoms with Crippen LogP contribution in [0.15, 0.2) is 24.3 Å². The Balaban J connectivity index is 1.98. The lowest BCUT2D eigenvalue weighted by molar-refractivity contribution is 0.0418. The average molecular weight is 268 g/mol. The fourth-order valence-corrected chi connectivity index (χ4v) is 2.67. The van der Waals surface area contributed by atoms with Crippen LogP contribution in [0.2, 0.25) is 0 Å². The van der Waals surface area contributed by atoms with Crippen LogP contribution in [0.1, 0.15) is 38.2 Å².